The molecule has 1 N–H and O–H groups in total. The SMILES string of the molecule is CC(F)(F)c1ccccc1Cn1c(NC2=CCC(S(C)(=O)=O)C=C2)nc2cc([C-]=O)ccc21.[Mn]. The average molecular weight is 525 g/mol. The summed E-state index contributed by atoms with van der Waals surface area (Å²) in [4.78, 5) is 15.7. The van der Waals surface area contributed by atoms with Crippen molar-refractivity contribution in [2.75, 3.05) is 11.6 Å². The third-order valence-electron chi connectivity index (χ3n) is 5.55. The van der Waals surface area contributed by atoms with Gasteiger partial charge in [0, 0.05) is 52.5 Å². The van der Waals surface area contributed by atoms with E-state index in [1.165, 1.54) is 12.3 Å². The predicted octanol–water partition coefficient (Wildman–Crippen LogP) is 4.32. The molecule has 0 bridgehead atoms. The van der Waals surface area contributed by atoms with Gasteiger partial charge >= 0.3 is 0 Å². The largest absolute Gasteiger partial charge is 0.376 e. The molecule has 1 aromatic heterocycles. The summed E-state index contributed by atoms with van der Waals surface area (Å²) >= 11 is 0. The zero-order valence-electron chi connectivity index (χ0n) is 18.4. The molecule has 0 spiro atoms. The minimum absolute atomic E-state index is 0. The fourth-order valence-electron chi connectivity index (χ4n) is 3.85. The summed E-state index contributed by atoms with van der Waals surface area (Å²) in [6.07, 6.45) is 8.36. The number of imidazole rings is 1. The quantitative estimate of drug-likeness (QED) is 0.367. The van der Waals surface area contributed by atoms with Gasteiger partial charge in [-0.15, -0.1) is 11.6 Å². The number of aromatic nitrogens is 2. The van der Waals surface area contributed by atoms with Crippen LogP contribution in [0.1, 0.15) is 30.0 Å². The zero-order valence-corrected chi connectivity index (χ0v) is 20.4. The van der Waals surface area contributed by atoms with Crippen molar-refractivity contribution in [2.24, 2.45) is 0 Å². The summed E-state index contributed by atoms with van der Waals surface area (Å²) in [6.45, 7) is 0.977. The Balaban J connectivity index is 0.00000324. The second kappa shape index (κ2) is 9.82. The molecule has 6 nitrogen and oxygen atoms in total. The molecular formula is C24H22F2MnN3O3S-. The average Bonchev–Trinajstić information content (AvgIpc) is 3.09. The summed E-state index contributed by atoms with van der Waals surface area (Å²) in [5.74, 6) is -2.63. The van der Waals surface area contributed by atoms with Gasteiger partial charge in [-0.3, -0.25) is 0 Å². The molecule has 0 saturated carbocycles. The maximum Gasteiger partial charge on any atom is 0.270 e. The van der Waals surface area contributed by atoms with Gasteiger partial charge in [-0.25, -0.2) is 22.2 Å². The van der Waals surface area contributed by atoms with Gasteiger partial charge in [0.1, 0.15) is 0 Å². The fourth-order valence-corrected chi connectivity index (χ4v) is 4.66. The molecule has 0 fully saturated rings. The van der Waals surface area contributed by atoms with Gasteiger partial charge in [0.25, 0.3) is 5.92 Å². The zero-order chi connectivity index (χ0) is 23.8. The van der Waals surface area contributed by atoms with Crippen LogP contribution in [0.2, 0.25) is 0 Å². The Labute approximate surface area is 207 Å². The van der Waals surface area contributed by atoms with Crippen molar-refractivity contribution < 1.29 is 39.1 Å². The summed E-state index contributed by atoms with van der Waals surface area (Å²) in [5, 5.41) is 2.58. The monoisotopic (exact) mass is 525 g/mol. The number of alkyl halides is 2. The summed E-state index contributed by atoms with van der Waals surface area (Å²) < 4.78 is 53.8. The maximum atomic E-state index is 14.2. The number of nitrogens with zero attached hydrogens (tertiary/aromatic N) is 2. The number of rotatable bonds is 7. The molecule has 2 aromatic carbocycles. The van der Waals surface area contributed by atoms with Crippen LogP contribution in [0.4, 0.5) is 14.7 Å². The van der Waals surface area contributed by atoms with Crippen molar-refractivity contribution in [3.8, 4) is 0 Å². The molecule has 0 aliphatic heterocycles. The normalized spacial score (nSPS) is 16.1. The van der Waals surface area contributed by atoms with Crippen molar-refractivity contribution in [3.05, 3.63) is 83.1 Å². The van der Waals surface area contributed by atoms with E-state index in [9.17, 15) is 22.0 Å². The molecule has 1 heterocycles. The molecule has 1 atom stereocenters. The number of hydrogen-bond donors (Lipinski definition) is 1. The van der Waals surface area contributed by atoms with Crippen LogP contribution >= 0.6 is 0 Å². The number of carbonyl (C=O) groups excluding carboxylic acids is 1. The Morgan fingerprint density at radius 3 is 2.59 bits per heavy atom. The van der Waals surface area contributed by atoms with E-state index in [-0.39, 0.29) is 29.2 Å². The first-order valence-corrected chi connectivity index (χ1v) is 12.2. The Morgan fingerprint density at radius 1 is 1.24 bits per heavy atom. The number of anilines is 1. The number of halogens is 2. The summed E-state index contributed by atoms with van der Waals surface area (Å²) in [7, 11) is -3.21. The molecule has 0 saturated heterocycles. The van der Waals surface area contributed by atoms with E-state index in [0.717, 1.165) is 6.92 Å². The minimum Gasteiger partial charge on any atom is -0.376 e. The Bertz CT molecular complexity index is 1390. The third-order valence-corrected chi connectivity index (χ3v) is 7.00. The molecule has 1 unspecified atom stereocenters. The second-order valence-corrected chi connectivity index (χ2v) is 10.4. The van der Waals surface area contributed by atoms with Gasteiger partial charge in [0.05, 0.1) is 18.1 Å². The molecular weight excluding hydrogens is 503 g/mol. The third kappa shape index (κ3) is 5.46. The topological polar surface area (TPSA) is 81.1 Å². The van der Waals surface area contributed by atoms with Gasteiger partial charge in [0.2, 0.25) is 5.95 Å². The van der Waals surface area contributed by atoms with E-state index in [0.29, 0.717) is 40.2 Å². The molecule has 0 amide bonds. The Hall–Kier alpha value is -2.81. The van der Waals surface area contributed by atoms with Crippen LogP contribution in [0.25, 0.3) is 11.0 Å². The van der Waals surface area contributed by atoms with Crippen molar-refractivity contribution in [2.45, 2.75) is 31.1 Å². The van der Waals surface area contributed by atoms with Crippen molar-refractivity contribution in [3.63, 3.8) is 0 Å². The van der Waals surface area contributed by atoms with E-state index in [2.05, 4.69) is 10.3 Å². The molecule has 4 rings (SSSR count). The Kier molecular flexibility index (Phi) is 7.45. The van der Waals surface area contributed by atoms with Crippen molar-refractivity contribution in [1.82, 2.24) is 9.55 Å². The molecule has 1 aliphatic carbocycles. The van der Waals surface area contributed by atoms with Crippen LogP contribution in [0.3, 0.4) is 0 Å². The van der Waals surface area contributed by atoms with Crippen molar-refractivity contribution >= 4 is 33.1 Å². The van der Waals surface area contributed by atoms with E-state index >= 15 is 0 Å². The van der Waals surface area contributed by atoms with Gasteiger partial charge in [-0.05, 0) is 18.1 Å². The van der Waals surface area contributed by atoms with Gasteiger partial charge in [-0.1, -0.05) is 42.5 Å². The fraction of sp³-hybridized carbons (Fsp3) is 0.250. The number of fused-ring (bicyclic) bond motifs is 1. The molecule has 3 aromatic rings. The smallest absolute Gasteiger partial charge is 0.270 e. The van der Waals surface area contributed by atoms with Crippen LogP contribution in [0, 0.1) is 0 Å². The van der Waals surface area contributed by atoms with Crippen molar-refractivity contribution in [1.29, 1.82) is 0 Å². The number of benzene rings is 2. The standard InChI is InChI=1S/C24H22F2N3O3S.Mn/c1-24(25,26)20-6-4-3-5-17(20)14-29-22-12-7-16(15-30)13-21(22)28-23(29)27-18-8-10-19(11-9-18)33(2,31)32;/h3-10,12-13,19H,11,14H2,1-2H3,(H,27,28);/q-1;. The van der Waals surface area contributed by atoms with Gasteiger partial charge in [0.15, 0.2) is 9.84 Å². The molecule has 179 valence electrons. The number of hydrogen-bond acceptors (Lipinski definition) is 5. The predicted molar refractivity (Wildman–Crippen MR) is 124 cm³/mol. The van der Waals surface area contributed by atoms with E-state index < -0.39 is 21.0 Å². The number of sulfone groups is 1. The van der Waals surface area contributed by atoms with Gasteiger partial charge < -0.3 is 14.7 Å². The van der Waals surface area contributed by atoms with Gasteiger partial charge in [-0.2, -0.15) is 6.07 Å². The first-order chi connectivity index (χ1) is 15.6. The summed E-state index contributed by atoms with van der Waals surface area (Å²) in [5.41, 5.74) is 2.48. The van der Waals surface area contributed by atoms with Crippen LogP contribution < -0.4 is 5.32 Å². The van der Waals surface area contributed by atoms with Crippen LogP contribution in [-0.2, 0) is 44.2 Å². The minimum atomic E-state index is -3.21. The first-order valence-electron chi connectivity index (χ1n) is 10.2. The number of allylic oxidation sites excluding steroid dienone is 2. The van der Waals surface area contributed by atoms with Crippen LogP contribution in [0.5, 0.6) is 0 Å². The first kappa shape index (κ1) is 25.8. The Morgan fingerprint density at radius 2 is 1.97 bits per heavy atom. The van der Waals surface area contributed by atoms with Crippen LogP contribution in [-0.4, -0.2) is 35.8 Å². The van der Waals surface area contributed by atoms with Crippen LogP contribution in [0.15, 0.2) is 66.4 Å². The molecule has 34 heavy (non-hydrogen) atoms. The summed E-state index contributed by atoms with van der Waals surface area (Å²) in [6, 6.07) is 11.2. The molecule has 1 radical (unpaired) electrons. The van der Waals surface area contributed by atoms with E-state index in [1.54, 1.807) is 59.2 Å². The van der Waals surface area contributed by atoms with E-state index in [1.807, 2.05) is 6.29 Å². The van der Waals surface area contributed by atoms with E-state index in [4.69, 9.17) is 0 Å². The maximum absolute atomic E-state index is 14.2. The number of nitrogens with one attached hydrogen (secondary N) is 1. The second-order valence-electron chi connectivity index (χ2n) is 8.12. The molecule has 1 aliphatic rings. The molecule has 10 heteroatoms.